The summed E-state index contributed by atoms with van der Waals surface area (Å²) in [4.78, 5) is 3.01. The second-order valence-corrected chi connectivity index (χ2v) is 7.97. The fourth-order valence-electron chi connectivity index (χ4n) is 2.44. The minimum Gasteiger partial charge on any atom is -0.391 e. The van der Waals surface area contributed by atoms with Crippen LogP contribution in [0.2, 0.25) is 0 Å². The minimum atomic E-state index is -3.42. The van der Waals surface area contributed by atoms with Crippen molar-refractivity contribution in [2.45, 2.75) is 30.4 Å². The predicted molar refractivity (Wildman–Crippen MR) is 75.7 cm³/mol. The van der Waals surface area contributed by atoms with Crippen LogP contribution in [0.1, 0.15) is 17.7 Å². The Balaban J connectivity index is 2.23. The molecule has 2 rings (SSSR count). The third-order valence-electron chi connectivity index (χ3n) is 3.29. The van der Waals surface area contributed by atoms with Crippen LogP contribution in [0.4, 0.5) is 0 Å². The van der Waals surface area contributed by atoms with E-state index >= 15 is 0 Å². The van der Waals surface area contributed by atoms with Gasteiger partial charge in [-0.15, -0.1) is 11.3 Å². The van der Waals surface area contributed by atoms with Gasteiger partial charge in [0.05, 0.1) is 11.5 Å². The van der Waals surface area contributed by atoms with Gasteiger partial charge in [0, 0.05) is 29.4 Å². The first-order chi connectivity index (χ1) is 8.95. The summed E-state index contributed by atoms with van der Waals surface area (Å²) in [5.74, 6) is 0. The van der Waals surface area contributed by atoms with Crippen molar-refractivity contribution in [1.82, 2.24) is 9.21 Å². The second-order valence-electron chi connectivity index (χ2n) is 5.08. The summed E-state index contributed by atoms with van der Waals surface area (Å²) in [6, 6.07) is 1.63. The Kier molecular flexibility index (Phi) is 4.62. The van der Waals surface area contributed by atoms with Crippen LogP contribution >= 0.6 is 11.3 Å². The summed E-state index contributed by atoms with van der Waals surface area (Å²) in [6.07, 6.45) is 1.82. The van der Waals surface area contributed by atoms with Crippen LogP contribution in [0.5, 0.6) is 0 Å². The van der Waals surface area contributed by atoms with E-state index in [2.05, 4.69) is 0 Å². The molecular weight excluding hydrogens is 284 g/mol. The van der Waals surface area contributed by atoms with E-state index in [-0.39, 0.29) is 12.6 Å². The molecular formula is C12H20N2O3S2. The lowest BCUT2D eigenvalue weighted by molar-refractivity contribution is 0.285. The van der Waals surface area contributed by atoms with Gasteiger partial charge in [0.15, 0.2) is 0 Å². The van der Waals surface area contributed by atoms with Gasteiger partial charge in [0.25, 0.3) is 0 Å². The summed E-state index contributed by atoms with van der Waals surface area (Å²) in [6.45, 7) is 1.22. The lowest BCUT2D eigenvalue weighted by atomic mass is 10.2. The molecule has 2 heterocycles. The number of thiophene rings is 1. The van der Waals surface area contributed by atoms with E-state index in [0.717, 1.165) is 19.4 Å². The number of sulfonamides is 1. The van der Waals surface area contributed by atoms with Crippen LogP contribution in [0.25, 0.3) is 0 Å². The van der Waals surface area contributed by atoms with Gasteiger partial charge in [0.1, 0.15) is 0 Å². The molecule has 7 heteroatoms. The Bertz CT molecular complexity index is 525. The number of aliphatic hydroxyl groups excluding tert-OH is 1. The molecule has 1 unspecified atom stereocenters. The van der Waals surface area contributed by atoms with Crippen molar-refractivity contribution in [1.29, 1.82) is 0 Å². The van der Waals surface area contributed by atoms with E-state index in [0.29, 0.717) is 16.3 Å². The van der Waals surface area contributed by atoms with Crippen molar-refractivity contribution in [2.75, 3.05) is 27.2 Å². The molecule has 1 aliphatic rings. The van der Waals surface area contributed by atoms with E-state index in [4.69, 9.17) is 5.11 Å². The van der Waals surface area contributed by atoms with E-state index in [1.807, 2.05) is 19.0 Å². The molecule has 1 N–H and O–H groups in total. The largest absolute Gasteiger partial charge is 0.391 e. The maximum absolute atomic E-state index is 12.6. The van der Waals surface area contributed by atoms with E-state index in [1.54, 1.807) is 15.8 Å². The maximum atomic E-state index is 12.6. The van der Waals surface area contributed by atoms with Crippen LogP contribution in [0.15, 0.2) is 16.3 Å². The third-order valence-corrected chi connectivity index (χ3v) is 6.29. The zero-order valence-electron chi connectivity index (χ0n) is 11.2. The number of likely N-dealkylation sites (N-methyl/N-ethyl adjacent to an activating group) is 1. The molecule has 1 aromatic heterocycles. The summed E-state index contributed by atoms with van der Waals surface area (Å²) < 4.78 is 26.8. The van der Waals surface area contributed by atoms with Crippen LogP contribution in [-0.4, -0.2) is 56.0 Å². The first kappa shape index (κ1) is 14.9. The minimum absolute atomic E-state index is 0.0532. The van der Waals surface area contributed by atoms with Crippen molar-refractivity contribution in [3.8, 4) is 0 Å². The summed E-state index contributed by atoms with van der Waals surface area (Å²) in [5.41, 5.74) is 0. The van der Waals surface area contributed by atoms with E-state index < -0.39 is 10.0 Å². The molecule has 1 saturated heterocycles. The Hall–Kier alpha value is -0.470. The lowest BCUT2D eigenvalue weighted by Crippen LogP contribution is -2.41. The molecule has 5 nitrogen and oxygen atoms in total. The summed E-state index contributed by atoms with van der Waals surface area (Å²) in [5, 5.41) is 10.7. The highest BCUT2D eigenvalue weighted by Crippen LogP contribution is 2.29. The van der Waals surface area contributed by atoms with Crippen molar-refractivity contribution in [2.24, 2.45) is 0 Å². The standard InChI is InChI=1S/C12H20N2O3S2/c1-13(2)7-10-4-3-5-14(10)19(16,17)12-6-11(8-15)18-9-12/h6,9-10,15H,3-5,7-8H2,1-2H3. The average Bonchev–Trinajstić information content (AvgIpc) is 2.95. The molecule has 0 radical (unpaired) electrons. The van der Waals surface area contributed by atoms with Gasteiger partial charge in [-0.1, -0.05) is 0 Å². The summed E-state index contributed by atoms with van der Waals surface area (Å²) in [7, 11) is 0.495. The molecule has 1 atom stereocenters. The Morgan fingerprint density at radius 1 is 1.53 bits per heavy atom. The van der Waals surface area contributed by atoms with Crippen LogP contribution < -0.4 is 0 Å². The molecule has 108 valence electrons. The van der Waals surface area contributed by atoms with Crippen LogP contribution in [0, 0.1) is 0 Å². The number of rotatable bonds is 5. The van der Waals surface area contributed by atoms with Crippen molar-refractivity contribution < 1.29 is 13.5 Å². The predicted octanol–water partition coefficient (Wildman–Crippen LogP) is 0.955. The average molecular weight is 304 g/mol. The van der Waals surface area contributed by atoms with Gasteiger partial charge in [0.2, 0.25) is 10.0 Å². The number of hydrogen-bond donors (Lipinski definition) is 1. The zero-order valence-corrected chi connectivity index (χ0v) is 12.9. The Morgan fingerprint density at radius 2 is 2.26 bits per heavy atom. The molecule has 0 bridgehead atoms. The van der Waals surface area contributed by atoms with E-state index in [9.17, 15) is 8.42 Å². The maximum Gasteiger partial charge on any atom is 0.244 e. The number of nitrogens with zero attached hydrogens (tertiary/aromatic N) is 2. The van der Waals surface area contributed by atoms with E-state index in [1.165, 1.54) is 11.3 Å². The third kappa shape index (κ3) is 3.17. The first-order valence-electron chi connectivity index (χ1n) is 6.30. The topological polar surface area (TPSA) is 60.9 Å². The highest BCUT2D eigenvalue weighted by Gasteiger charge is 2.35. The summed E-state index contributed by atoms with van der Waals surface area (Å²) >= 11 is 1.28. The van der Waals surface area contributed by atoms with Gasteiger partial charge in [-0.05, 0) is 33.0 Å². The van der Waals surface area contributed by atoms with Gasteiger partial charge in [-0.25, -0.2) is 8.42 Å². The van der Waals surface area contributed by atoms with Gasteiger partial charge >= 0.3 is 0 Å². The molecule has 0 aromatic carbocycles. The van der Waals surface area contributed by atoms with Gasteiger partial charge in [-0.2, -0.15) is 4.31 Å². The molecule has 0 spiro atoms. The first-order valence-corrected chi connectivity index (χ1v) is 8.62. The highest BCUT2D eigenvalue weighted by atomic mass is 32.2. The SMILES string of the molecule is CN(C)CC1CCCN1S(=O)(=O)c1csc(CO)c1. The second kappa shape index (κ2) is 5.88. The molecule has 19 heavy (non-hydrogen) atoms. The molecule has 1 aliphatic heterocycles. The number of aliphatic hydroxyl groups is 1. The fourth-order valence-corrected chi connectivity index (χ4v) is 5.25. The monoisotopic (exact) mass is 304 g/mol. The quantitative estimate of drug-likeness (QED) is 0.880. The van der Waals surface area contributed by atoms with Crippen LogP contribution in [0.3, 0.4) is 0 Å². The van der Waals surface area contributed by atoms with Crippen molar-refractivity contribution in [3.05, 3.63) is 16.3 Å². The number of hydrogen-bond acceptors (Lipinski definition) is 5. The zero-order chi connectivity index (χ0) is 14.0. The van der Waals surface area contributed by atoms with Gasteiger partial charge in [-0.3, -0.25) is 0 Å². The molecule has 1 aromatic rings. The molecule has 0 amide bonds. The normalized spacial score (nSPS) is 21.4. The molecule has 0 saturated carbocycles. The smallest absolute Gasteiger partial charge is 0.244 e. The Labute approximate surface area is 118 Å². The van der Waals surface area contributed by atoms with Gasteiger partial charge < -0.3 is 10.0 Å². The molecule has 0 aliphatic carbocycles. The molecule has 1 fully saturated rings. The fraction of sp³-hybridized carbons (Fsp3) is 0.667. The van der Waals surface area contributed by atoms with Crippen molar-refractivity contribution >= 4 is 21.4 Å². The lowest BCUT2D eigenvalue weighted by Gasteiger charge is -2.26. The van der Waals surface area contributed by atoms with Crippen molar-refractivity contribution in [3.63, 3.8) is 0 Å². The van der Waals surface area contributed by atoms with Crippen LogP contribution in [-0.2, 0) is 16.6 Å². The Morgan fingerprint density at radius 3 is 2.84 bits per heavy atom. The highest BCUT2D eigenvalue weighted by molar-refractivity contribution is 7.89.